The van der Waals surface area contributed by atoms with Crippen molar-refractivity contribution in [2.24, 2.45) is 0 Å². The second-order valence-corrected chi connectivity index (χ2v) is 8.24. The van der Waals surface area contributed by atoms with Gasteiger partial charge in [0.1, 0.15) is 5.75 Å². The summed E-state index contributed by atoms with van der Waals surface area (Å²) in [5.41, 5.74) is 4.86. The zero-order valence-corrected chi connectivity index (χ0v) is 16.1. The zero-order valence-electron chi connectivity index (χ0n) is 16.1. The lowest BCUT2D eigenvalue weighted by atomic mass is 9.86. The number of halogens is 1. The molecule has 0 saturated carbocycles. The molecule has 0 spiro atoms. The van der Waals surface area contributed by atoms with E-state index >= 15 is 0 Å². The van der Waals surface area contributed by atoms with Gasteiger partial charge in [0, 0.05) is 22.7 Å². The van der Waals surface area contributed by atoms with Gasteiger partial charge in [-0.15, -0.1) is 0 Å². The van der Waals surface area contributed by atoms with E-state index in [1.54, 1.807) is 6.07 Å². The summed E-state index contributed by atoms with van der Waals surface area (Å²) in [7, 11) is 0. The number of hydrogen-bond donors (Lipinski definition) is 0. The van der Waals surface area contributed by atoms with Gasteiger partial charge in [-0.25, -0.2) is 4.39 Å². The molecule has 1 aliphatic rings. The largest absolute Gasteiger partial charge is 0.452 e. The lowest BCUT2D eigenvalue weighted by molar-refractivity contribution is 0.448. The van der Waals surface area contributed by atoms with E-state index in [1.807, 2.05) is 48.7 Å². The molecule has 0 saturated heterocycles. The van der Waals surface area contributed by atoms with Gasteiger partial charge >= 0.3 is 0 Å². The molecule has 0 radical (unpaired) electrons. The minimum atomic E-state index is -0.350. The summed E-state index contributed by atoms with van der Waals surface area (Å²) in [5.74, 6) is 0.600. The van der Waals surface area contributed by atoms with E-state index < -0.39 is 0 Å². The lowest BCUT2D eigenvalue weighted by Crippen LogP contribution is -2.11. The number of nitrogens with zero attached hydrogens (tertiary/aromatic N) is 1. The third-order valence-electron chi connectivity index (χ3n) is 5.36. The fourth-order valence-corrected chi connectivity index (χ4v) is 3.85. The van der Waals surface area contributed by atoms with E-state index in [2.05, 4.69) is 31.8 Å². The van der Waals surface area contributed by atoms with Crippen molar-refractivity contribution in [2.45, 2.75) is 26.2 Å². The Hall–Kier alpha value is -3.20. The molecule has 1 aromatic heterocycles. The third kappa shape index (κ3) is 2.50. The second kappa shape index (κ2) is 5.90. The normalized spacial score (nSPS) is 12.6. The molecule has 3 heteroatoms. The summed E-state index contributed by atoms with van der Waals surface area (Å²) < 4.78 is 20.8. The molecule has 5 rings (SSSR count). The molecule has 0 fully saturated rings. The minimum Gasteiger partial charge on any atom is -0.452 e. The first kappa shape index (κ1) is 16.9. The summed E-state index contributed by atoms with van der Waals surface area (Å²) >= 11 is 0. The van der Waals surface area contributed by atoms with Crippen molar-refractivity contribution >= 4 is 10.8 Å². The summed E-state index contributed by atoms with van der Waals surface area (Å²) in [6, 6.07) is 19.4. The number of rotatable bonds is 1. The van der Waals surface area contributed by atoms with Gasteiger partial charge in [-0.3, -0.25) is 4.98 Å². The summed E-state index contributed by atoms with van der Waals surface area (Å²) in [6.45, 7) is 6.53. The smallest absolute Gasteiger partial charge is 0.171 e. The highest BCUT2D eigenvalue weighted by molar-refractivity contribution is 6.05. The molecule has 138 valence electrons. The Labute approximate surface area is 163 Å². The van der Waals surface area contributed by atoms with Crippen LogP contribution in [0.1, 0.15) is 26.3 Å². The average Bonchev–Trinajstić information content (AvgIpc) is 2.70. The highest BCUT2D eigenvalue weighted by Crippen LogP contribution is 2.50. The second-order valence-electron chi connectivity index (χ2n) is 8.24. The van der Waals surface area contributed by atoms with Crippen LogP contribution in [0.4, 0.5) is 4.39 Å². The van der Waals surface area contributed by atoms with Crippen molar-refractivity contribution in [1.29, 1.82) is 0 Å². The molecule has 1 aliphatic heterocycles. The number of aromatic nitrogens is 1. The maximum absolute atomic E-state index is 14.6. The van der Waals surface area contributed by atoms with Crippen LogP contribution in [-0.2, 0) is 5.41 Å². The Kier molecular flexibility index (Phi) is 3.57. The number of benzene rings is 3. The van der Waals surface area contributed by atoms with Crippen LogP contribution in [0.3, 0.4) is 0 Å². The van der Waals surface area contributed by atoms with Crippen LogP contribution < -0.4 is 4.74 Å². The topological polar surface area (TPSA) is 22.1 Å². The molecule has 0 bridgehead atoms. The van der Waals surface area contributed by atoms with Crippen molar-refractivity contribution in [3.8, 4) is 33.9 Å². The Morgan fingerprint density at radius 1 is 0.821 bits per heavy atom. The Morgan fingerprint density at radius 2 is 1.57 bits per heavy atom. The predicted octanol–water partition coefficient (Wildman–Crippen LogP) is 7.11. The Bertz CT molecular complexity index is 1240. The van der Waals surface area contributed by atoms with Gasteiger partial charge in [0.05, 0.1) is 5.69 Å². The van der Waals surface area contributed by atoms with Gasteiger partial charge < -0.3 is 4.74 Å². The van der Waals surface area contributed by atoms with Crippen molar-refractivity contribution < 1.29 is 9.13 Å². The third-order valence-corrected chi connectivity index (χ3v) is 5.36. The van der Waals surface area contributed by atoms with Gasteiger partial charge in [-0.1, -0.05) is 57.2 Å². The lowest BCUT2D eigenvalue weighted by Gasteiger charge is -2.24. The molecular formula is C25H20FNO. The van der Waals surface area contributed by atoms with E-state index in [9.17, 15) is 4.39 Å². The monoisotopic (exact) mass is 369 g/mol. The standard InChI is InChI=1S/C25H20FNO/c1-25(2,3)16-12-13-27-21(14-16)19-9-5-8-18-17-7-4-6-15-10-11-20(26)24(22(15)17)28-23(18)19/h4-14H,1-3H3. The molecular weight excluding hydrogens is 349 g/mol. The van der Waals surface area contributed by atoms with E-state index in [1.165, 1.54) is 11.6 Å². The number of para-hydroxylation sites is 1. The Morgan fingerprint density at radius 3 is 2.39 bits per heavy atom. The highest BCUT2D eigenvalue weighted by atomic mass is 19.1. The molecule has 4 aromatic rings. The number of pyridine rings is 1. The number of fused-ring (bicyclic) bond motifs is 2. The van der Waals surface area contributed by atoms with Crippen LogP contribution in [0, 0.1) is 5.82 Å². The van der Waals surface area contributed by atoms with E-state index in [-0.39, 0.29) is 11.2 Å². The molecule has 0 N–H and O–H groups in total. The minimum absolute atomic E-state index is 0.0116. The number of hydrogen-bond acceptors (Lipinski definition) is 2. The van der Waals surface area contributed by atoms with Crippen molar-refractivity contribution in [3.63, 3.8) is 0 Å². The molecule has 28 heavy (non-hydrogen) atoms. The summed E-state index contributed by atoms with van der Waals surface area (Å²) in [6.07, 6.45) is 1.83. The molecule has 2 nitrogen and oxygen atoms in total. The molecule has 0 aliphatic carbocycles. The van der Waals surface area contributed by atoms with Gasteiger partial charge in [-0.05, 0) is 46.2 Å². The van der Waals surface area contributed by atoms with Crippen molar-refractivity contribution in [2.75, 3.05) is 0 Å². The van der Waals surface area contributed by atoms with Gasteiger partial charge in [0.25, 0.3) is 0 Å². The summed E-state index contributed by atoms with van der Waals surface area (Å²) in [4.78, 5) is 4.58. The highest BCUT2D eigenvalue weighted by Gasteiger charge is 2.26. The predicted molar refractivity (Wildman–Crippen MR) is 111 cm³/mol. The van der Waals surface area contributed by atoms with Gasteiger partial charge in [0.2, 0.25) is 0 Å². The molecule has 0 amide bonds. The maximum atomic E-state index is 14.6. The van der Waals surface area contributed by atoms with E-state index in [0.717, 1.165) is 33.2 Å². The van der Waals surface area contributed by atoms with Gasteiger partial charge in [-0.2, -0.15) is 0 Å². The van der Waals surface area contributed by atoms with E-state index in [4.69, 9.17) is 4.74 Å². The van der Waals surface area contributed by atoms with Crippen LogP contribution in [0.5, 0.6) is 11.5 Å². The Balaban J connectivity index is 1.78. The van der Waals surface area contributed by atoms with E-state index in [0.29, 0.717) is 11.5 Å². The SMILES string of the molecule is CC(C)(C)c1ccnc(-c2cccc3c2Oc2c(F)ccc4cccc-3c24)c1. The first-order valence-corrected chi connectivity index (χ1v) is 9.43. The first-order valence-electron chi connectivity index (χ1n) is 9.43. The quantitative estimate of drug-likeness (QED) is 0.314. The fourth-order valence-electron chi connectivity index (χ4n) is 3.85. The van der Waals surface area contributed by atoms with Gasteiger partial charge in [0.15, 0.2) is 11.6 Å². The first-order chi connectivity index (χ1) is 13.4. The van der Waals surface area contributed by atoms with Crippen LogP contribution in [0.25, 0.3) is 33.2 Å². The van der Waals surface area contributed by atoms with Crippen LogP contribution in [0.2, 0.25) is 0 Å². The summed E-state index contributed by atoms with van der Waals surface area (Å²) in [5, 5.41) is 1.79. The van der Waals surface area contributed by atoms with Crippen LogP contribution in [-0.4, -0.2) is 4.98 Å². The van der Waals surface area contributed by atoms with Crippen LogP contribution >= 0.6 is 0 Å². The molecule has 0 atom stereocenters. The average molecular weight is 369 g/mol. The molecule has 2 heterocycles. The van der Waals surface area contributed by atoms with Crippen molar-refractivity contribution in [1.82, 2.24) is 4.98 Å². The zero-order chi connectivity index (χ0) is 19.5. The molecule has 0 unspecified atom stereocenters. The van der Waals surface area contributed by atoms with Crippen molar-refractivity contribution in [3.05, 3.63) is 78.2 Å². The molecule has 3 aromatic carbocycles. The van der Waals surface area contributed by atoms with Crippen LogP contribution in [0.15, 0.2) is 66.9 Å². The maximum Gasteiger partial charge on any atom is 0.171 e. The number of ether oxygens (including phenoxy) is 1. The fraction of sp³-hybridized carbons (Fsp3) is 0.160.